The molecule has 200 valence electrons. The molecule has 0 spiro atoms. The van der Waals surface area contributed by atoms with Crippen molar-refractivity contribution < 1.29 is 13.9 Å². The maximum Gasteiger partial charge on any atom is 0.178 e. The van der Waals surface area contributed by atoms with Crippen molar-refractivity contribution in [3.8, 4) is 45.4 Å². The molecule has 10 nitrogen and oxygen atoms in total. The number of fused-ring (bicyclic) bond motifs is 2. The second kappa shape index (κ2) is 10.0. The molecule has 1 saturated heterocycles. The van der Waals surface area contributed by atoms with Crippen molar-refractivity contribution >= 4 is 22.1 Å². The van der Waals surface area contributed by atoms with Gasteiger partial charge in [-0.15, -0.1) is 0 Å². The normalized spacial score (nSPS) is 14.2. The van der Waals surface area contributed by atoms with Gasteiger partial charge in [0.05, 0.1) is 36.2 Å². The third-order valence-electron chi connectivity index (χ3n) is 7.08. The molecule has 40 heavy (non-hydrogen) atoms. The van der Waals surface area contributed by atoms with Crippen molar-refractivity contribution in [3.63, 3.8) is 0 Å². The second-order valence-electron chi connectivity index (χ2n) is 9.69. The van der Waals surface area contributed by atoms with Gasteiger partial charge in [-0.2, -0.15) is 5.10 Å². The zero-order valence-corrected chi connectivity index (χ0v) is 21.6. The van der Waals surface area contributed by atoms with Crippen LogP contribution < -0.4 is 14.8 Å². The molecule has 1 aromatic carbocycles. The Kier molecular flexibility index (Phi) is 6.05. The van der Waals surface area contributed by atoms with E-state index in [1.54, 1.807) is 30.9 Å². The molecular weight excluding hydrogens is 511 g/mol. The number of nitrogens with zero attached hydrogens (tertiary/aromatic N) is 5. The van der Waals surface area contributed by atoms with Crippen LogP contribution in [0.4, 0.5) is 4.39 Å². The van der Waals surface area contributed by atoms with Crippen LogP contribution in [0.5, 0.6) is 11.5 Å². The van der Waals surface area contributed by atoms with Crippen LogP contribution in [-0.2, 0) is 0 Å². The van der Waals surface area contributed by atoms with E-state index in [0.29, 0.717) is 34.0 Å². The Balaban J connectivity index is 1.26. The SMILES string of the molecule is COc1cc(F)cc(-c2ccnc3nc(-c4n[nH]c5cnc(-c6cncc(OC7CCNCC7)c6)cc45)[nH]c23)c1. The van der Waals surface area contributed by atoms with Crippen molar-refractivity contribution in [1.29, 1.82) is 0 Å². The molecule has 11 heteroatoms. The average molecular weight is 537 g/mol. The highest BCUT2D eigenvalue weighted by Gasteiger charge is 2.18. The fourth-order valence-corrected chi connectivity index (χ4v) is 5.08. The number of aromatic nitrogens is 7. The molecule has 1 aliphatic heterocycles. The van der Waals surface area contributed by atoms with Gasteiger partial charge >= 0.3 is 0 Å². The van der Waals surface area contributed by atoms with E-state index in [2.05, 4.69) is 35.5 Å². The molecule has 0 unspecified atom stereocenters. The Morgan fingerprint density at radius 1 is 0.950 bits per heavy atom. The lowest BCUT2D eigenvalue weighted by Crippen LogP contribution is -2.34. The van der Waals surface area contributed by atoms with Gasteiger partial charge in [0, 0.05) is 35.0 Å². The van der Waals surface area contributed by atoms with E-state index in [4.69, 9.17) is 14.5 Å². The smallest absolute Gasteiger partial charge is 0.178 e. The molecule has 0 saturated carbocycles. The van der Waals surface area contributed by atoms with Crippen LogP contribution in [0.1, 0.15) is 12.8 Å². The summed E-state index contributed by atoms with van der Waals surface area (Å²) >= 11 is 0. The van der Waals surface area contributed by atoms with E-state index in [1.807, 2.05) is 18.2 Å². The molecule has 0 amide bonds. The van der Waals surface area contributed by atoms with Crippen LogP contribution in [0.2, 0.25) is 0 Å². The first-order chi connectivity index (χ1) is 19.6. The number of aromatic amines is 2. The number of halogens is 1. The molecule has 0 bridgehead atoms. The highest BCUT2D eigenvalue weighted by atomic mass is 19.1. The standard InChI is InChI=1S/C29H25FN8O2/c1-39-20-9-16(8-18(30)11-20)22-4-7-33-28-26(22)35-29(36-28)27-23-12-24(34-15-25(23)37-38-27)17-10-21(14-32-13-17)40-19-2-5-31-6-3-19/h4,7-15,19,31H,2-3,5-6H2,1H3,(H,37,38)(H,33,35,36). The van der Waals surface area contributed by atoms with Crippen LogP contribution in [0.3, 0.4) is 0 Å². The van der Waals surface area contributed by atoms with Crippen LogP contribution in [0.15, 0.2) is 61.2 Å². The average Bonchev–Trinajstić information content (AvgIpc) is 3.61. The Hall–Kier alpha value is -4.90. The predicted molar refractivity (Wildman–Crippen MR) is 148 cm³/mol. The summed E-state index contributed by atoms with van der Waals surface area (Å²) in [7, 11) is 1.51. The van der Waals surface area contributed by atoms with E-state index in [9.17, 15) is 4.39 Å². The number of piperidine rings is 1. The van der Waals surface area contributed by atoms with Gasteiger partial charge in [0.1, 0.15) is 29.1 Å². The Bertz CT molecular complexity index is 1840. The van der Waals surface area contributed by atoms with Crippen molar-refractivity contribution in [2.24, 2.45) is 0 Å². The second-order valence-corrected chi connectivity index (χ2v) is 9.69. The van der Waals surface area contributed by atoms with Crippen molar-refractivity contribution in [1.82, 2.24) is 40.4 Å². The topological polar surface area (TPSA) is 127 Å². The van der Waals surface area contributed by atoms with Crippen molar-refractivity contribution in [2.45, 2.75) is 18.9 Å². The first kappa shape index (κ1) is 24.2. The summed E-state index contributed by atoms with van der Waals surface area (Å²) in [4.78, 5) is 21.5. The van der Waals surface area contributed by atoms with Crippen LogP contribution >= 0.6 is 0 Å². The zero-order valence-electron chi connectivity index (χ0n) is 21.6. The van der Waals surface area contributed by atoms with E-state index in [1.165, 1.54) is 19.2 Å². The van der Waals surface area contributed by atoms with Gasteiger partial charge in [-0.1, -0.05) is 0 Å². The summed E-state index contributed by atoms with van der Waals surface area (Å²) in [6.07, 6.45) is 9.01. The fourth-order valence-electron chi connectivity index (χ4n) is 5.08. The highest BCUT2D eigenvalue weighted by Crippen LogP contribution is 2.33. The van der Waals surface area contributed by atoms with Crippen molar-refractivity contribution in [3.05, 3.63) is 67.0 Å². The van der Waals surface area contributed by atoms with Gasteiger partial charge in [0.15, 0.2) is 11.5 Å². The maximum atomic E-state index is 14.3. The summed E-state index contributed by atoms with van der Waals surface area (Å²) in [5, 5.41) is 11.7. The Morgan fingerprint density at radius 3 is 2.70 bits per heavy atom. The van der Waals surface area contributed by atoms with Gasteiger partial charge in [-0.3, -0.25) is 15.1 Å². The molecule has 1 fully saturated rings. The van der Waals surface area contributed by atoms with Gasteiger partial charge < -0.3 is 19.8 Å². The van der Waals surface area contributed by atoms with Crippen molar-refractivity contribution in [2.75, 3.05) is 20.2 Å². The molecule has 0 atom stereocenters. The van der Waals surface area contributed by atoms with Gasteiger partial charge in [0.2, 0.25) is 0 Å². The summed E-state index contributed by atoms with van der Waals surface area (Å²) in [6, 6.07) is 10.3. The first-order valence-electron chi connectivity index (χ1n) is 13.0. The van der Waals surface area contributed by atoms with Crippen LogP contribution in [-0.4, -0.2) is 61.4 Å². The summed E-state index contributed by atoms with van der Waals surface area (Å²) in [5.74, 6) is 1.29. The molecule has 3 N–H and O–H groups in total. The third kappa shape index (κ3) is 4.50. The first-order valence-corrected chi connectivity index (χ1v) is 13.0. The highest BCUT2D eigenvalue weighted by molar-refractivity contribution is 5.96. The number of hydrogen-bond acceptors (Lipinski definition) is 8. The minimum atomic E-state index is -0.392. The molecular formula is C29H25FN8O2. The lowest BCUT2D eigenvalue weighted by atomic mass is 10.1. The largest absolute Gasteiger partial charge is 0.497 e. The summed E-state index contributed by atoms with van der Waals surface area (Å²) < 4.78 is 25.7. The fraction of sp³-hybridized carbons (Fsp3) is 0.207. The molecule has 6 heterocycles. The minimum Gasteiger partial charge on any atom is -0.497 e. The number of nitrogens with one attached hydrogen (secondary N) is 3. The number of benzene rings is 1. The lowest BCUT2D eigenvalue weighted by molar-refractivity contribution is 0.162. The van der Waals surface area contributed by atoms with Crippen LogP contribution in [0, 0.1) is 5.82 Å². The van der Waals surface area contributed by atoms with E-state index in [-0.39, 0.29) is 6.10 Å². The number of ether oxygens (including phenoxy) is 2. The van der Waals surface area contributed by atoms with Gasteiger partial charge in [-0.25, -0.2) is 14.4 Å². The molecule has 5 aromatic heterocycles. The zero-order chi connectivity index (χ0) is 27.1. The summed E-state index contributed by atoms with van der Waals surface area (Å²) in [5.41, 5.74) is 5.52. The lowest BCUT2D eigenvalue weighted by Gasteiger charge is -2.23. The van der Waals surface area contributed by atoms with Crippen LogP contribution in [0.25, 0.3) is 56.0 Å². The number of methoxy groups -OCH3 is 1. The third-order valence-corrected chi connectivity index (χ3v) is 7.08. The Morgan fingerprint density at radius 2 is 1.82 bits per heavy atom. The number of pyridine rings is 3. The molecule has 0 aliphatic carbocycles. The monoisotopic (exact) mass is 536 g/mol. The molecule has 0 radical (unpaired) electrons. The van der Waals surface area contributed by atoms with E-state index < -0.39 is 5.82 Å². The predicted octanol–water partition coefficient (Wildman–Crippen LogP) is 4.90. The molecule has 1 aliphatic rings. The van der Waals surface area contributed by atoms with E-state index in [0.717, 1.165) is 59.4 Å². The van der Waals surface area contributed by atoms with Gasteiger partial charge in [-0.05, 0) is 61.8 Å². The number of H-pyrrole nitrogens is 2. The maximum absolute atomic E-state index is 14.3. The Labute approximate surface area is 228 Å². The quantitative estimate of drug-likeness (QED) is 0.274. The molecule has 7 rings (SSSR count). The number of rotatable bonds is 6. The van der Waals surface area contributed by atoms with E-state index >= 15 is 0 Å². The minimum absolute atomic E-state index is 0.175. The number of imidazole rings is 1. The molecule has 6 aromatic rings. The van der Waals surface area contributed by atoms with Gasteiger partial charge in [0.25, 0.3) is 0 Å². The summed E-state index contributed by atoms with van der Waals surface area (Å²) in [6.45, 7) is 1.91. The number of hydrogen-bond donors (Lipinski definition) is 3.